The SMILES string of the molecule is N#Cc1c(Cl)nsc1NC1CCN(C(=O)c2ccncc2)CC1. The number of hydrogen-bond acceptors (Lipinski definition) is 6. The highest BCUT2D eigenvalue weighted by Gasteiger charge is 2.25. The van der Waals surface area contributed by atoms with Crippen molar-refractivity contribution in [3.05, 3.63) is 40.8 Å². The van der Waals surface area contributed by atoms with Crippen molar-refractivity contribution >= 4 is 34.0 Å². The van der Waals surface area contributed by atoms with Crippen LogP contribution in [-0.2, 0) is 0 Å². The lowest BCUT2D eigenvalue weighted by atomic mass is 10.0. The Morgan fingerprint density at radius 1 is 1.39 bits per heavy atom. The highest BCUT2D eigenvalue weighted by molar-refractivity contribution is 7.10. The summed E-state index contributed by atoms with van der Waals surface area (Å²) in [6.45, 7) is 1.35. The summed E-state index contributed by atoms with van der Waals surface area (Å²) in [5, 5.41) is 13.4. The van der Waals surface area contributed by atoms with Crippen LogP contribution in [0.3, 0.4) is 0 Å². The minimum Gasteiger partial charge on any atom is -0.372 e. The van der Waals surface area contributed by atoms with Crippen molar-refractivity contribution in [2.24, 2.45) is 0 Å². The molecule has 0 atom stereocenters. The van der Waals surface area contributed by atoms with Crippen molar-refractivity contribution in [2.75, 3.05) is 18.4 Å². The number of hydrogen-bond donors (Lipinski definition) is 1. The second-order valence-corrected chi connectivity index (χ2v) is 6.37. The molecule has 0 bridgehead atoms. The molecule has 3 heterocycles. The molecule has 1 fully saturated rings. The molecule has 0 aliphatic carbocycles. The number of piperidine rings is 1. The molecule has 1 N–H and O–H groups in total. The number of likely N-dealkylation sites (tertiary alicyclic amines) is 1. The third kappa shape index (κ3) is 3.44. The first-order valence-electron chi connectivity index (χ1n) is 7.20. The molecule has 0 aromatic carbocycles. The van der Waals surface area contributed by atoms with E-state index in [2.05, 4.69) is 20.7 Å². The molecule has 2 aromatic heterocycles. The zero-order chi connectivity index (χ0) is 16.2. The quantitative estimate of drug-likeness (QED) is 0.923. The van der Waals surface area contributed by atoms with Gasteiger partial charge in [0.1, 0.15) is 16.6 Å². The van der Waals surface area contributed by atoms with Gasteiger partial charge in [-0.05, 0) is 36.5 Å². The highest BCUT2D eigenvalue weighted by Crippen LogP contribution is 2.29. The monoisotopic (exact) mass is 347 g/mol. The average Bonchev–Trinajstić information content (AvgIpc) is 2.95. The molecule has 1 saturated heterocycles. The van der Waals surface area contributed by atoms with E-state index in [0.29, 0.717) is 29.2 Å². The van der Waals surface area contributed by atoms with Gasteiger partial charge in [-0.1, -0.05) is 11.6 Å². The van der Waals surface area contributed by atoms with E-state index in [1.807, 2.05) is 4.90 Å². The van der Waals surface area contributed by atoms with Gasteiger partial charge in [-0.25, -0.2) is 0 Å². The molecule has 1 aliphatic heterocycles. The van der Waals surface area contributed by atoms with Crippen LogP contribution in [-0.4, -0.2) is 39.3 Å². The molecule has 0 saturated carbocycles. The third-order valence-electron chi connectivity index (χ3n) is 3.81. The molecule has 6 nitrogen and oxygen atoms in total. The summed E-state index contributed by atoms with van der Waals surface area (Å²) in [6.07, 6.45) is 4.88. The lowest BCUT2D eigenvalue weighted by molar-refractivity contribution is 0.0718. The number of pyridine rings is 1. The van der Waals surface area contributed by atoms with E-state index in [-0.39, 0.29) is 17.1 Å². The molecular formula is C15H14ClN5OS. The number of carbonyl (C=O) groups is 1. The largest absolute Gasteiger partial charge is 0.372 e. The van der Waals surface area contributed by atoms with Crippen molar-refractivity contribution < 1.29 is 4.79 Å². The van der Waals surface area contributed by atoms with Crippen molar-refractivity contribution in [1.29, 1.82) is 5.26 Å². The van der Waals surface area contributed by atoms with Crippen molar-refractivity contribution in [2.45, 2.75) is 18.9 Å². The van der Waals surface area contributed by atoms with Crippen molar-refractivity contribution in [3.63, 3.8) is 0 Å². The first-order valence-corrected chi connectivity index (χ1v) is 8.35. The van der Waals surface area contributed by atoms with Gasteiger partial charge in [-0.2, -0.15) is 9.64 Å². The van der Waals surface area contributed by atoms with Crippen LogP contribution >= 0.6 is 23.1 Å². The molecule has 1 aliphatic rings. The number of nitrogens with zero attached hydrogens (tertiary/aromatic N) is 4. The van der Waals surface area contributed by atoms with Crippen LogP contribution in [0.2, 0.25) is 5.15 Å². The maximum Gasteiger partial charge on any atom is 0.253 e. The Balaban J connectivity index is 1.58. The van der Waals surface area contributed by atoms with Crippen molar-refractivity contribution in [1.82, 2.24) is 14.3 Å². The number of aromatic nitrogens is 2. The molecule has 23 heavy (non-hydrogen) atoms. The van der Waals surface area contributed by atoms with E-state index >= 15 is 0 Å². The Morgan fingerprint density at radius 3 is 2.74 bits per heavy atom. The number of amides is 1. The predicted molar refractivity (Wildman–Crippen MR) is 88.6 cm³/mol. The zero-order valence-corrected chi connectivity index (χ0v) is 13.8. The summed E-state index contributed by atoms with van der Waals surface area (Å²) in [5.74, 6) is 0.0319. The average molecular weight is 348 g/mol. The Kier molecular flexibility index (Phi) is 4.74. The summed E-state index contributed by atoms with van der Waals surface area (Å²) in [4.78, 5) is 18.2. The smallest absolute Gasteiger partial charge is 0.253 e. The third-order valence-corrected chi connectivity index (χ3v) is 4.96. The number of rotatable bonds is 3. The summed E-state index contributed by atoms with van der Waals surface area (Å²) in [7, 11) is 0. The minimum absolute atomic E-state index is 0.0319. The molecule has 0 unspecified atom stereocenters. The molecule has 0 spiro atoms. The molecular weight excluding hydrogens is 334 g/mol. The second-order valence-electron chi connectivity index (χ2n) is 5.24. The summed E-state index contributed by atoms with van der Waals surface area (Å²) < 4.78 is 3.99. The van der Waals surface area contributed by atoms with E-state index in [9.17, 15) is 4.79 Å². The van der Waals surface area contributed by atoms with Gasteiger partial charge < -0.3 is 10.2 Å². The van der Waals surface area contributed by atoms with E-state index in [1.165, 1.54) is 11.5 Å². The van der Waals surface area contributed by atoms with Crippen molar-refractivity contribution in [3.8, 4) is 6.07 Å². The Hall–Kier alpha value is -2.17. The Morgan fingerprint density at radius 2 is 2.09 bits per heavy atom. The number of nitriles is 1. The summed E-state index contributed by atoms with van der Waals surface area (Å²) in [5.41, 5.74) is 1.05. The molecule has 0 radical (unpaired) electrons. The number of nitrogens with one attached hydrogen (secondary N) is 1. The van der Waals surface area contributed by atoms with Gasteiger partial charge in [0.25, 0.3) is 5.91 Å². The van der Waals surface area contributed by atoms with Crippen LogP contribution in [0, 0.1) is 11.3 Å². The molecule has 2 aromatic rings. The molecule has 118 valence electrons. The van der Waals surface area contributed by atoms with Gasteiger partial charge in [0.15, 0.2) is 5.15 Å². The van der Waals surface area contributed by atoms with Gasteiger partial charge in [0.05, 0.1) is 0 Å². The van der Waals surface area contributed by atoms with Crippen LogP contribution < -0.4 is 5.32 Å². The van der Waals surface area contributed by atoms with Gasteiger partial charge in [-0.3, -0.25) is 9.78 Å². The fourth-order valence-corrected chi connectivity index (χ4v) is 3.57. The first-order chi connectivity index (χ1) is 11.2. The maximum atomic E-state index is 12.4. The Labute approximate surface area is 142 Å². The lowest BCUT2D eigenvalue weighted by Gasteiger charge is -2.32. The highest BCUT2D eigenvalue weighted by atomic mass is 35.5. The lowest BCUT2D eigenvalue weighted by Crippen LogP contribution is -2.42. The standard InChI is InChI=1S/C15H14ClN5OS/c16-13-12(9-17)14(23-20-13)19-11-3-7-21(8-4-11)15(22)10-1-5-18-6-2-10/h1-2,5-6,11,19H,3-4,7-8H2. The molecule has 3 rings (SSSR count). The van der Waals surface area contributed by atoms with Crippen LogP contribution in [0.4, 0.5) is 5.00 Å². The molecule has 8 heteroatoms. The fraction of sp³-hybridized carbons (Fsp3) is 0.333. The predicted octanol–water partition coefficient (Wildman–Crippen LogP) is 2.78. The zero-order valence-electron chi connectivity index (χ0n) is 12.2. The van der Waals surface area contributed by atoms with Crippen LogP contribution in [0.5, 0.6) is 0 Å². The van der Waals surface area contributed by atoms with Gasteiger partial charge >= 0.3 is 0 Å². The number of anilines is 1. The summed E-state index contributed by atoms with van der Waals surface area (Å²) >= 11 is 7.07. The minimum atomic E-state index is 0.0319. The summed E-state index contributed by atoms with van der Waals surface area (Å²) in [6, 6.07) is 5.73. The first kappa shape index (κ1) is 15.7. The second kappa shape index (κ2) is 6.94. The topological polar surface area (TPSA) is 81.9 Å². The van der Waals surface area contributed by atoms with E-state index in [1.54, 1.807) is 24.5 Å². The maximum absolute atomic E-state index is 12.4. The van der Waals surface area contributed by atoms with E-state index in [4.69, 9.17) is 16.9 Å². The fourth-order valence-electron chi connectivity index (χ4n) is 2.56. The van der Waals surface area contributed by atoms with E-state index < -0.39 is 0 Å². The van der Waals surface area contributed by atoms with Gasteiger partial charge in [0.2, 0.25) is 0 Å². The number of carbonyl (C=O) groups excluding carboxylic acids is 1. The van der Waals surface area contributed by atoms with Crippen LogP contribution in [0.1, 0.15) is 28.8 Å². The van der Waals surface area contributed by atoms with E-state index in [0.717, 1.165) is 12.8 Å². The van der Waals surface area contributed by atoms with Crippen LogP contribution in [0.25, 0.3) is 0 Å². The molecule has 1 amide bonds. The normalized spacial score (nSPS) is 15.2. The Bertz CT molecular complexity index is 734. The van der Waals surface area contributed by atoms with Gasteiger partial charge in [0, 0.05) is 37.1 Å². The van der Waals surface area contributed by atoms with Gasteiger partial charge in [-0.15, -0.1) is 0 Å². The number of halogens is 1. The van der Waals surface area contributed by atoms with Crippen LogP contribution in [0.15, 0.2) is 24.5 Å².